The topological polar surface area (TPSA) is 0 Å². The molecule has 13 heavy (non-hydrogen) atoms. The maximum absolute atomic E-state index is 5.85. The van der Waals surface area contributed by atoms with Crippen molar-refractivity contribution in [3.05, 3.63) is 33.8 Å². The van der Waals surface area contributed by atoms with E-state index in [0.29, 0.717) is 6.04 Å². The molecule has 72 valence electrons. The van der Waals surface area contributed by atoms with Crippen LogP contribution in [0.2, 0.25) is 0 Å². The molecule has 0 atom stereocenters. The van der Waals surface area contributed by atoms with Gasteiger partial charge in [-0.25, -0.2) is 0 Å². The lowest BCUT2D eigenvalue weighted by Crippen LogP contribution is -2.15. The molecule has 0 aliphatic rings. The summed E-state index contributed by atoms with van der Waals surface area (Å²) in [4.78, 5) is 0. The van der Waals surface area contributed by atoms with Crippen molar-refractivity contribution < 1.29 is 0 Å². The third kappa shape index (κ3) is 3.80. The number of halogens is 4. The second-order valence-electron chi connectivity index (χ2n) is 2.82. The molecule has 5 heteroatoms. The van der Waals surface area contributed by atoms with Crippen LogP contribution in [0.4, 0.5) is 0 Å². The summed E-state index contributed by atoms with van der Waals surface area (Å²) in [7, 11) is 0. The Morgan fingerprint density at radius 1 is 1.31 bits per heavy atom. The minimum absolute atomic E-state index is 0.572. The van der Waals surface area contributed by atoms with Crippen molar-refractivity contribution in [1.29, 1.82) is 0 Å². The Labute approximate surface area is 101 Å². The van der Waals surface area contributed by atoms with Crippen LogP contribution in [-0.2, 0) is 6.04 Å². The predicted molar refractivity (Wildman–Crippen MR) is 65.9 cm³/mol. The summed E-state index contributed by atoms with van der Waals surface area (Å²) in [6.07, 6.45) is 0. The molecule has 0 saturated heterocycles. The molecule has 1 aromatic carbocycles. The molecule has 1 aromatic rings. The number of hydrogen-bond donors (Lipinski definition) is 0. The molecule has 0 aliphatic heterocycles. The van der Waals surface area contributed by atoms with Crippen LogP contribution in [0.25, 0.3) is 0 Å². The first kappa shape index (κ1) is 11.9. The molecule has 1 rings (SSSR count). The Balaban J connectivity index is 2.96. The molecule has 0 N–H and O–H groups in total. The van der Waals surface area contributed by atoms with Gasteiger partial charge in [-0.15, -0.1) is 33.2 Å². The van der Waals surface area contributed by atoms with Gasteiger partial charge in [0.15, 0.2) is 0 Å². The first-order chi connectivity index (χ1) is 5.90. The van der Waals surface area contributed by atoms with Crippen LogP contribution in [0, 0.1) is 6.92 Å². The largest absolute Gasteiger partial charge is 0.345 e. The highest BCUT2D eigenvalue weighted by Crippen LogP contribution is 2.28. The highest BCUT2D eigenvalue weighted by Gasteiger charge is 2.26. The lowest BCUT2D eigenvalue weighted by molar-refractivity contribution is 1.27. The zero-order chi connectivity index (χ0) is 10.1. The third-order valence-corrected chi connectivity index (χ3v) is 4.61. The van der Waals surface area contributed by atoms with E-state index in [9.17, 15) is 0 Å². The summed E-state index contributed by atoms with van der Waals surface area (Å²) in [5.74, 6) is 0. The highest BCUT2D eigenvalue weighted by molar-refractivity contribution is 9.10. The number of rotatable bonds is 2. The minimum Gasteiger partial charge on any atom is -0.126 e. The van der Waals surface area contributed by atoms with Gasteiger partial charge in [-0.05, 0) is 24.1 Å². The van der Waals surface area contributed by atoms with Crippen LogP contribution in [0.15, 0.2) is 22.7 Å². The van der Waals surface area contributed by atoms with Gasteiger partial charge in [-0.3, -0.25) is 0 Å². The van der Waals surface area contributed by atoms with E-state index in [0.717, 1.165) is 15.6 Å². The quantitative estimate of drug-likeness (QED) is 0.556. The van der Waals surface area contributed by atoms with E-state index in [2.05, 4.69) is 15.9 Å². The van der Waals surface area contributed by atoms with Gasteiger partial charge in [-0.2, -0.15) is 0 Å². The van der Waals surface area contributed by atoms with E-state index in [1.165, 1.54) is 0 Å². The van der Waals surface area contributed by atoms with Crippen molar-refractivity contribution in [2.75, 3.05) is 0 Å². The van der Waals surface area contributed by atoms with Gasteiger partial charge in [-0.1, -0.05) is 28.1 Å². The smallest absolute Gasteiger partial charge is 0.126 e. The average molecular weight is 319 g/mol. The van der Waals surface area contributed by atoms with Crippen molar-refractivity contribution in [1.82, 2.24) is 0 Å². The SMILES string of the molecule is Cc1c(Br)cccc1C[Si](Cl)(Cl)Cl. The van der Waals surface area contributed by atoms with Gasteiger partial charge >= 0.3 is 6.00 Å². The van der Waals surface area contributed by atoms with Crippen molar-refractivity contribution >= 4 is 55.2 Å². The minimum atomic E-state index is -2.56. The molecule has 0 heterocycles. The predicted octanol–water partition coefficient (Wildman–Crippen LogP) is 4.49. The van der Waals surface area contributed by atoms with Crippen molar-refractivity contribution in [2.24, 2.45) is 0 Å². The summed E-state index contributed by atoms with van der Waals surface area (Å²) >= 11 is 21.0. The number of hydrogen-bond acceptors (Lipinski definition) is 0. The van der Waals surface area contributed by atoms with E-state index in [-0.39, 0.29) is 0 Å². The Morgan fingerprint density at radius 3 is 2.46 bits per heavy atom. The Morgan fingerprint density at radius 2 is 1.92 bits per heavy atom. The lowest BCUT2D eigenvalue weighted by atomic mass is 10.1. The van der Waals surface area contributed by atoms with Crippen LogP contribution in [0.1, 0.15) is 11.1 Å². The molecular weight excluding hydrogens is 310 g/mol. The standard InChI is InChI=1S/C8H8BrCl3Si/c1-6-7(5-13(10,11)12)3-2-4-8(6)9/h2-4H,5H2,1H3. The summed E-state index contributed by atoms with van der Waals surface area (Å²) in [6.45, 7) is 2.02. The molecule has 0 radical (unpaired) electrons. The first-order valence-corrected chi connectivity index (χ1v) is 9.74. The van der Waals surface area contributed by atoms with Gasteiger partial charge in [0, 0.05) is 10.5 Å². The lowest BCUT2D eigenvalue weighted by Gasteiger charge is -2.11. The molecule has 0 saturated carbocycles. The second-order valence-corrected chi connectivity index (χ2v) is 12.8. The third-order valence-electron chi connectivity index (χ3n) is 1.77. The van der Waals surface area contributed by atoms with Gasteiger partial charge < -0.3 is 0 Å². The second kappa shape index (κ2) is 4.54. The zero-order valence-electron chi connectivity index (χ0n) is 6.95. The van der Waals surface area contributed by atoms with E-state index < -0.39 is 6.00 Å². The molecule has 0 aromatic heterocycles. The molecule has 0 unspecified atom stereocenters. The van der Waals surface area contributed by atoms with E-state index in [1.54, 1.807) is 0 Å². The maximum Gasteiger partial charge on any atom is 0.345 e. The van der Waals surface area contributed by atoms with Crippen molar-refractivity contribution in [3.8, 4) is 0 Å². The van der Waals surface area contributed by atoms with Gasteiger partial charge in [0.05, 0.1) is 0 Å². The summed E-state index contributed by atoms with van der Waals surface area (Å²) in [6, 6.07) is 3.95. The fraction of sp³-hybridized carbons (Fsp3) is 0.250. The summed E-state index contributed by atoms with van der Waals surface area (Å²) < 4.78 is 1.06. The first-order valence-electron chi connectivity index (χ1n) is 3.71. The molecule has 0 nitrogen and oxygen atoms in total. The fourth-order valence-corrected chi connectivity index (χ4v) is 3.58. The number of benzene rings is 1. The molecular formula is C8H8BrCl3Si. The molecule has 0 fully saturated rings. The summed E-state index contributed by atoms with van der Waals surface area (Å²) in [5.41, 5.74) is 2.27. The monoisotopic (exact) mass is 316 g/mol. The van der Waals surface area contributed by atoms with Crippen molar-refractivity contribution in [3.63, 3.8) is 0 Å². The zero-order valence-corrected chi connectivity index (χ0v) is 11.8. The van der Waals surface area contributed by atoms with Crippen LogP contribution < -0.4 is 0 Å². The molecule has 0 amide bonds. The van der Waals surface area contributed by atoms with Gasteiger partial charge in [0.1, 0.15) is 0 Å². The summed E-state index contributed by atoms with van der Waals surface area (Å²) in [5, 5.41) is 0. The Bertz CT molecular complexity index is 309. The van der Waals surface area contributed by atoms with Crippen molar-refractivity contribution in [2.45, 2.75) is 13.0 Å². The van der Waals surface area contributed by atoms with Crippen LogP contribution in [0.5, 0.6) is 0 Å². The van der Waals surface area contributed by atoms with Crippen LogP contribution in [0.3, 0.4) is 0 Å². The average Bonchev–Trinajstić information content (AvgIpc) is 1.96. The Kier molecular flexibility index (Phi) is 4.14. The van der Waals surface area contributed by atoms with Crippen LogP contribution in [-0.4, -0.2) is 6.00 Å². The van der Waals surface area contributed by atoms with Crippen LogP contribution >= 0.6 is 49.2 Å². The van der Waals surface area contributed by atoms with E-state index >= 15 is 0 Å². The molecule has 0 spiro atoms. The molecule has 0 aliphatic carbocycles. The van der Waals surface area contributed by atoms with E-state index in [1.807, 2.05) is 25.1 Å². The molecule has 0 bridgehead atoms. The van der Waals surface area contributed by atoms with E-state index in [4.69, 9.17) is 33.2 Å². The normalized spacial score (nSPS) is 11.8. The highest BCUT2D eigenvalue weighted by atomic mass is 79.9. The van der Waals surface area contributed by atoms with Gasteiger partial charge in [0.2, 0.25) is 0 Å². The Hall–Kier alpha value is 0.787. The van der Waals surface area contributed by atoms with Gasteiger partial charge in [0.25, 0.3) is 0 Å². The fourth-order valence-electron chi connectivity index (χ4n) is 1.06. The maximum atomic E-state index is 5.85.